The second kappa shape index (κ2) is 6.27. The van der Waals surface area contributed by atoms with E-state index in [1.54, 1.807) is 7.05 Å². The summed E-state index contributed by atoms with van der Waals surface area (Å²) in [4.78, 5) is 13.9. The average molecular weight is 275 g/mol. The maximum Gasteiger partial charge on any atom is 0.251 e. The SMILES string of the molecule is CNC(=O)c1ccc(NC2CC(C)N(C)CC2C)cc1. The molecule has 0 radical (unpaired) electrons. The van der Waals surface area contributed by atoms with E-state index < -0.39 is 0 Å². The Balaban J connectivity index is 2.01. The van der Waals surface area contributed by atoms with E-state index in [2.05, 4.69) is 36.4 Å². The Labute approximate surface area is 121 Å². The fraction of sp³-hybridized carbons (Fsp3) is 0.562. The van der Waals surface area contributed by atoms with Crippen LogP contribution >= 0.6 is 0 Å². The lowest BCUT2D eigenvalue weighted by Gasteiger charge is -2.40. The summed E-state index contributed by atoms with van der Waals surface area (Å²) in [6.07, 6.45) is 1.15. The van der Waals surface area contributed by atoms with Crippen molar-refractivity contribution in [3.05, 3.63) is 29.8 Å². The molecule has 1 aliphatic rings. The predicted octanol–water partition coefficient (Wildman–Crippen LogP) is 2.19. The van der Waals surface area contributed by atoms with Crippen LogP contribution in [0.5, 0.6) is 0 Å². The highest BCUT2D eigenvalue weighted by molar-refractivity contribution is 5.94. The maximum absolute atomic E-state index is 11.5. The minimum absolute atomic E-state index is 0.0437. The first kappa shape index (κ1) is 14.9. The number of carbonyl (C=O) groups is 1. The molecule has 2 N–H and O–H groups in total. The molecule has 3 unspecified atom stereocenters. The number of benzene rings is 1. The fourth-order valence-electron chi connectivity index (χ4n) is 2.82. The summed E-state index contributed by atoms with van der Waals surface area (Å²) in [6.45, 7) is 5.68. The number of nitrogens with one attached hydrogen (secondary N) is 2. The van der Waals surface area contributed by atoms with Gasteiger partial charge >= 0.3 is 0 Å². The summed E-state index contributed by atoms with van der Waals surface area (Å²) in [5, 5.41) is 6.24. The second-order valence-corrected chi connectivity index (χ2v) is 5.91. The van der Waals surface area contributed by atoms with Crippen molar-refractivity contribution < 1.29 is 4.79 Å². The van der Waals surface area contributed by atoms with Gasteiger partial charge < -0.3 is 15.5 Å². The molecular formula is C16H25N3O. The fourth-order valence-corrected chi connectivity index (χ4v) is 2.82. The number of amides is 1. The first-order chi connectivity index (χ1) is 9.51. The Morgan fingerprint density at radius 3 is 2.50 bits per heavy atom. The summed E-state index contributed by atoms with van der Waals surface area (Å²) in [7, 11) is 3.84. The van der Waals surface area contributed by atoms with Crippen molar-refractivity contribution in [3.63, 3.8) is 0 Å². The van der Waals surface area contributed by atoms with Gasteiger partial charge in [0.25, 0.3) is 5.91 Å². The lowest BCUT2D eigenvalue weighted by Crippen LogP contribution is -2.48. The molecule has 1 aromatic carbocycles. The molecule has 0 spiro atoms. The van der Waals surface area contributed by atoms with E-state index in [4.69, 9.17) is 0 Å². The molecule has 110 valence electrons. The number of hydrogen-bond donors (Lipinski definition) is 2. The van der Waals surface area contributed by atoms with E-state index >= 15 is 0 Å². The van der Waals surface area contributed by atoms with Crippen LogP contribution in [-0.4, -0.2) is 43.5 Å². The van der Waals surface area contributed by atoms with Crippen molar-refractivity contribution in [1.82, 2.24) is 10.2 Å². The highest BCUT2D eigenvalue weighted by Crippen LogP contribution is 2.24. The molecule has 0 bridgehead atoms. The highest BCUT2D eigenvalue weighted by Gasteiger charge is 2.28. The van der Waals surface area contributed by atoms with Crippen molar-refractivity contribution in [2.75, 3.05) is 26.0 Å². The van der Waals surface area contributed by atoms with Crippen LogP contribution in [0.4, 0.5) is 5.69 Å². The Hall–Kier alpha value is -1.55. The lowest BCUT2D eigenvalue weighted by atomic mass is 9.89. The zero-order valence-electron chi connectivity index (χ0n) is 12.8. The van der Waals surface area contributed by atoms with Crippen LogP contribution in [0.25, 0.3) is 0 Å². The van der Waals surface area contributed by atoms with Crippen molar-refractivity contribution >= 4 is 11.6 Å². The van der Waals surface area contributed by atoms with Crippen molar-refractivity contribution in [1.29, 1.82) is 0 Å². The predicted molar refractivity (Wildman–Crippen MR) is 83.1 cm³/mol. The van der Waals surface area contributed by atoms with E-state index in [0.717, 1.165) is 18.7 Å². The minimum atomic E-state index is -0.0437. The minimum Gasteiger partial charge on any atom is -0.382 e. The van der Waals surface area contributed by atoms with Crippen molar-refractivity contribution in [3.8, 4) is 0 Å². The Morgan fingerprint density at radius 1 is 1.25 bits per heavy atom. The molecule has 2 rings (SSSR count). The molecule has 1 amide bonds. The summed E-state index contributed by atoms with van der Waals surface area (Å²) >= 11 is 0. The number of piperidine rings is 1. The van der Waals surface area contributed by atoms with Crippen LogP contribution in [-0.2, 0) is 0 Å². The number of carbonyl (C=O) groups excluding carboxylic acids is 1. The van der Waals surface area contributed by atoms with Crippen LogP contribution in [0.2, 0.25) is 0 Å². The summed E-state index contributed by atoms with van der Waals surface area (Å²) in [5.41, 5.74) is 1.79. The number of hydrogen-bond acceptors (Lipinski definition) is 3. The van der Waals surface area contributed by atoms with Gasteiger partial charge in [-0.05, 0) is 50.6 Å². The van der Waals surface area contributed by atoms with Gasteiger partial charge in [-0.2, -0.15) is 0 Å². The number of anilines is 1. The Bertz CT molecular complexity index is 457. The molecule has 4 nitrogen and oxygen atoms in total. The van der Waals surface area contributed by atoms with Gasteiger partial charge in [-0.25, -0.2) is 0 Å². The third-order valence-corrected chi connectivity index (χ3v) is 4.34. The molecule has 1 aromatic rings. The maximum atomic E-state index is 11.5. The third kappa shape index (κ3) is 3.31. The quantitative estimate of drug-likeness (QED) is 0.889. The van der Waals surface area contributed by atoms with Crippen molar-refractivity contribution in [2.24, 2.45) is 5.92 Å². The zero-order chi connectivity index (χ0) is 14.7. The number of likely N-dealkylation sites (tertiary alicyclic amines) is 1. The molecule has 0 aromatic heterocycles. The summed E-state index contributed by atoms with van der Waals surface area (Å²) in [5.74, 6) is 0.577. The van der Waals surface area contributed by atoms with Gasteiger partial charge in [-0.15, -0.1) is 0 Å². The van der Waals surface area contributed by atoms with E-state index in [1.807, 2.05) is 24.3 Å². The van der Waals surface area contributed by atoms with E-state index in [-0.39, 0.29) is 5.91 Å². The largest absolute Gasteiger partial charge is 0.382 e. The molecule has 1 heterocycles. The van der Waals surface area contributed by atoms with E-state index in [9.17, 15) is 4.79 Å². The van der Waals surface area contributed by atoms with Crippen molar-refractivity contribution in [2.45, 2.75) is 32.4 Å². The molecule has 1 fully saturated rings. The van der Waals surface area contributed by atoms with E-state index in [0.29, 0.717) is 23.6 Å². The normalized spacial score (nSPS) is 27.1. The monoisotopic (exact) mass is 275 g/mol. The van der Waals surface area contributed by atoms with Crippen LogP contribution in [0.3, 0.4) is 0 Å². The second-order valence-electron chi connectivity index (χ2n) is 5.91. The standard InChI is InChI=1S/C16H25N3O/c1-11-10-19(4)12(2)9-15(11)18-14-7-5-13(6-8-14)16(20)17-3/h5-8,11-12,15,18H,9-10H2,1-4H3,(H,17,20). The van der Waals surface area contributed by atoms with Gasteiger partial charge in [0.1, 0.15) is 0 Å². The molecular weight excluding hydrogens is 250 g/mol. The van der Waals surface area contributed by atoms with E-state index in [1.165, 1.54) is 0 Å². The first-order valence-electron chi connectivity index (χ1n) is 7.30. The number of nitrogens with zero attached hydrogens (tertiary/aromatic N) is 1. The first-order valence-corrected chi connectivity index (χ1v) is 7.30. The molecule has 1 saturated heterocycles. The highest BCUT2D eigenvalue weighted by atomic mass is 16.1. The number of rotatable bonds is 3. The van der Waals surface area contributed by atoms with Gasteiger partial charge in [0, 0.05) is 36.9 Å². The molecule has 3 atom stereocenters. The third-order valence-electron chi connectivity index (χ3n) is 4.34. The summed E-state index contributed by atoms with van der Waals surface area (Å²) < 4.78 is 0. The molecule has 0 saturated carbocycles. The lowest BCUT2D eigenvalue weighted by molar-refractivity contribution is 0.0963. The van der Waals surface area contributed by atoms with Gasteiger partial charge in [0.05, 0.1) is 0 Å². The van der Waals surface area contributed by atoms with Crippen LogP contribution in [0.15, 0.2) is 24.3 Å². The molecule has 1 aliphatic heterocycles. The topological polar surface area (TPSA) is 44.4 Å². The Kier molecular flexibility index (Phi) is 4.65. The van der Waals surface area contributed by atoms with Crippen LogP contribution in [0, 0.1) is 5.92 Å². The van der Waals surface area contributed by atoms with Gasteiger partial charge in [0.2, 0.25) is 0 Å². The van der Waals surface area contributed by atoms with Gasteiger partial charge in [0.15, 0.2) is 0 Å². The molecule has 0 aliphatic carbocycles. The molecule has 4 heteroatoms. The van der Waals surface area contributed by atoms with Gasteiger partial charge in [-0.1, -0.05) is 6.92 Å². The average Bonchev–Trinajstić information content (AvgIpc) is 2.44. The molecule has 20 heavy (non-hydrogen) atoms. The zero-order valence-corrected chi connectivity index (χ0v) is 12.8. The van der Waals surface area contributed by atoms with Crippen LogP contribution < -0.4 is 10.6 Å². The smallest absolute Gasteiger partial charge is 0.251 e. The van der Waals surface area contributed by atoms with Gasteiger partial charge in [-0.3, -0.25) is 4.79 Å². The van der Waals surface area contributed by atoms with Crippen LogP contribution in [0.1, 0.15) is 30.6 Å². The summed E-state index contributed by atoms with van der Waals surface area (Å²) in [6, 6.07) is 8.80. The Morgan fingerprint density at radius 2 is 1.90 bits per heavy atom.